The lowest BCUT2D eigenvalue weighted by molar-refractivity contribution is -0.127. The summed E-state index contributed by atoms with van der Waals surface area (Å²) >= 11 is 0. The fourth-order valence-corrected chi connectivity index (χ4v) is 5.42. The van der Waals surface area contributed by atoms with Crippen molar-refractivity contribution in [2.24, 2.45) is 7.05 Å². The standard InChI is InChI=1S/C31H33N7O2/c1-4-5-6-29(39)37-14-11-22(12-15-37)25-13-16-38-30(25)31(32-19-34-38)35-23-7-10-28(21(2)17-23)40-24-8-9-27-26(18-24)33-20-36(27)3/h5-10,13,16-20,22H,4,11-12,14-15H2,1-3H3,(H,32,34,35)/b6-5+. The molecule has 40 heavy (non-hydrogen) atoms. The first-order valence-corrected chi connectivity index (χ1v) is 13.7. The number of aromatic nitrogens is 5. The Morgan fingerprint density at radius 3 is 2.77 bits per heavy atom. The number of ether oxygens (including phenoxy) is 1. The number of carbonyl (C=O) groups excluding carboxylic acids is 1. The highest BCUT2D eigenvalue weighted by atomic mass is 16.5. The zero-order valence-corrected chi connectivity index (χ0v) is 23.0. The van der Waals surface area contributed by atoms with Gasteiger partial charge < -0.3 is 19.5 Å². The number of anilines is 2. The Balaban J connectivity index is 1.19. The first-order chi connectivity index (χ1) is 19.5. The van der Waals surface area contributed by atoms with E-state index in [9.17, 15) is 4.79 Å². The van der Waals surface area contributed by atoms with Crippen LogP contribution in [0.15, 0.2) is 73.5 Å². The van der Waals surface area contributed by atoms with Gasteiger partial charge in [-0.25, -0.2) is 14.5 Å². The Morgan fingerprint density at radius 1 is 1.12 bits per heavy atom. The number of benzene rings is 2. The molecule has 1 saturated heterocycles. The van der Waals surface area contributed by atoms with Gasteiger partial charge >= 0.3 is 0 Å². The van der Waals surface area contributed by atoms with E-state index in [-0.39, 0.29) is 5.91 Å². The number of allylic oxidation sites excluding steroid dienone is 1. The third-order valence-corrected chi connectivity index (χ3v) is 7.59. The second-order valence-corrected chi connectivity index (χ2v) is 10.3. The van der Waals surface area contributed by atoms with Crippen molar-refractivity contribution in [2.45, 2.75) is 39.0 Å². The summed E-state index contributed by atoms with van der Waals surface area (Å²) in [6.45, 7) is 5.57. The van der Waals surface area contributed by atoms with Crippen molar-refractivity contribution in [1.82, 2.24) is 29.0 Å². The lowest BCUT2D eigenvalue weighted by Crippen LogP contribution is -2.36. The molecule has 0 spiro atoms. The summed E-state index contributed by atoms with van der Waals surface area (Å²) in [5, 5.41) is 7.95. The highest BCUT2D eigenvalue weighted by Gasteiger charge is 2.26. The SMILES string of the molecule is CC/C=C/C(=O)N1CCC(c2ccn3ncnc(Nc4ccc(Oc5ccc6c(c5)ncn6C)c(C)c4)c23)CC1. The minimum atomic E-state index is 0.104. The highest BCUT2D eigenvalue weighted by molar-refractivity contribution is 5.87. The quantitative estimate of drug-likeness (QED) is 0.252. The molecule has 0 saturated carbocycles. The maximum absolute atomic E-state index is 12.4. The molecule has 0 unspecified atom stereocenters. The predicted molar refractivity (Wildman–Crippen MR) is 156 cm³/mol. The first-order valence-electron chi connectivity index (χ1n) is 13.7. The third kappa shape index (κ3) is 5.02. The van der Waals surface area contributed by atoms with E-state index in [0.717, 1.165) is 77.5 Å². The summed E-state index contributed by atoms with van der Waals surface area (Å²) in [6, 6.07) is 14.1. The monoisotopic (exact) mass is 535 g/mol. The zero-order chi connectivity index (χ0) is 27.6. The van der Waals surface area contributed by atoms with Crippen molar-refractivity contribution in [2.75, 3.05) is 18.4 Å². The molecule has 1 aliphatic heterocycles. The van der Waals surface area contributed by atoms with Crippen LogP contribution in [-0.2, 0) is 11.8 Å². The lowest BCUT2D eigenvalue weighted by atomic mass is 9.90. The van der Waals surface area contributed by atoms with Crippen LogP contribution >= 0.6 is 0 Å². The number of likely N-dealkylation sites (tertiary alicyclic amines) is 1. The van der Waals surface area contributed by atoms with Gasteiger partial charge in [-0.15, -0.1) is 0 Å². The van der Waals surface area contributed by atoms with Crippen LogP contribution in [0.1, 0.15) is 43.2 Å². The molecule has 9 nitrogen and oxygen atoms in total. The van der Waals surface area contributed by atoms with E-state index in [4.69, 9.17) is 4.74 Å². The second kappa shape index (κ2) is 10.8. The number of hydrogen-bond acceptors (Lipinski definition) is 6. The Kier molecular flexibility index (Phi) is 6.94. The molecule has 3 aromatic heterocycles. The minimum Gasteiger partial charge on any atom is -0.457 e. The van der Waals surface area contributed by atoms with E-state index in [1.54, 1.807) is 18.7 Å². The summed E-state index contributed by atoms with van der Waals surface area (Å²) in [5.41, 5.74) is 6.06. The van der Waals surface area contributed by atoms with Crippen LogP contribution in [0.2, 0.25) is 0 Å². The van der Waals surface area contributed by atoms with Crippen LogP contribution < -0.4 is 10.1 Å². The Hall–Kier alpha value is -4.66. The Bertz CT molecular complexity index is 1710. The number of aryl methyl sites for hydroxylation is 2. The average Bonchev–Trinajstić information content (AvgIpc) is 3.57. The van der Waals surface area contributed by atoms with E-state index < -0.39 is 0 Å². The molecule has 5 aromatic rings. The smallest absolute Gasteiger partial charge is 0.246 e. The lowest BCUT2D eigenvalue weighted by Gasteiger charge is -2.31. The number of carbonyl (C=O) groups is 1. The molecule has 9 heteroatoms. The van der Waals surface area contributed by atoms with E-state index in [0.29, 0.717) is 5.92 Å². The summed E-state index contributed by atoms with van der Waals surface area (Å²) in [6.07, 6.45) is 11.7. The first kappa shape index (κ1) is 25.6. The van der Waals surface area contributed by atoms with E-state index in [1.165, 1.54) is 5.56 Å². The third-order valence-electron chi connectivity index (χ3n) is 7.59. The Morgan fingerprint density at radius 2 is 1.98 bits per heavy atom. The predicted octanol–water partition coefficient (Wildman–Crippen LogP) is 6.13. The van der Waals surface area contributed by atoms with Gasteiger partial charge in [0.2, 0.25) is 5.91 Å². The zero-order valence-electron chi connectivity index (χ0n) is 23.0. The van der Waals surface area contributed by atoms with Crippen LogP contribution in [0.5, 0.6) is 11.5 Å². The van der Waals surface area contributed by atoms with Crippen molar-refractivity contribution in [3.63, 3.8) is 0 Å². The summed E-state index contributed by atoms with van der Waals surface area (Å²) in [4.78, 5) is 23.4. The van der Waals surface area contributed by atoms with Crippen LogP contribution in [0, 0.1) is 6.92 Å². The molecule has 1 aliphatic rings. The molecule has 0 radical (unpaired) electrons. The molecule has 0 bridgehead atoms. The largest absolute Gasteiger partial charge is 0.457 e. The highest BCUT2D eigenvalue weighted by Crippen LogP contribution is 2.35. The Labute approximate surface area is 233 Å². The number of piperidine rings is 1. The van der Waals surface area contributed by atoms with Crippen LogP contribution in [-0.4, -0.2) is 48.0 Å². The molecule has 1 N–H and O–H groups in total. The van der Waals surface area contributed by atoms with Crippen molar-refractivity contribution < 1.29 is 9.53 Å². The van der Waals surface area contributed by atoms with Crippen molar-refractivity contribution in [3.05, 3.63) is 84.6 Å². The minimum absolute atomic E-state index is 0.104. The molecule has 0 aliphatic carbocycles. The van der Waals surface area contributed by atoms with Gasteiger partial charge in [0.05, 0.1) is 17.4 Å². The van der Waals surface area contributed by atoms with Gasteiger partial charge in [-0.1, -0.05) is 13.0 Å². The van der Waals surface area contributed by atoms with Gasteiger partial charge in [0.15, 0.2) is 5.82 Å². The second-order valence-electron chi connectivity index (χ2n) is 10.3. The molecule has 4 heterocycles. The topological polar surface area (TPSA) is 89.6 Å². The van der Waals surface area contributed by atoms with Crippen molar-refractivity contribution >= 4 is 34.0 Å². The van der Waals surface area contributed by atoms with Crippen molar-refractivity contribution in [1.29, 1.82) is 0 Å². The number of hydrogen-bond donors (Lipinski definition) is 1. The fraction of sp³-hybridized carbons (Fsp3) is 0.290. The van der Waals surface area contributed by atoms with Gasteiger partial charge in [0, 0.05) is 38.1 Å². The van der Waals surface area contributed by atoms with E-state index >= 15 is 0 Å². The summed E-state index contributed by atoms with van der Waals surface area (Å²) < 4.78 is 10.1. The van der Waals surface area contributed by atoms with E-state index in [1.807, 2.05) is 77.5 Å². The number of rotatable bonds is 7. The summed E-state index contributed by atoms with van der Waals surface area (Å²) in [5.74, 6) is 2.73. The fourth-order valence-electron chi connectivity index (χ4n) is 5.42. The van der Waals surface area contributed by atoms with Gasteiger partial charge in [0.1, 0.15) is 23.3 Å². The number of fused-ring (bicyclic) bond motifs is 2. The number of nitrogens with one attached hydrogen (secondary N) is 1. The molecule has 1 amide bonds. The molecular formula is C31H33N7O2. The molecule has 1 fully saturated rings. The van der Waals surface area contributed by atoms with Crippen LogP contribution in [0.3, 0.4) is 0 Å². The maximum atomic E-state index is 12.4. The maximum Gasteiger partial charge on any atom is 0.246 e. The van der Waals surface area contributed by atoms with Gasteiger partial charge in [-0.3, -0.25) is 4.79 Å². The van der Waals surface area contributed by atoms with E-state index in [2.05, 4.69) is 32.5 Å². The average molecular weight is 536 g/mol. The number of nitrogens with zero attached hydrogens (tertiary/aromatic N) is 6. The van der Waals surface area contributed by atoms with Gasteiger partial charge in [-0.05, 0) is 85.7 Å². The molecule has 6 rings (SSSR count). The molecular weight excluding hydrogens is 502 g/mol. The van der Waals surface area contributed by atoms with Crippen LogP contribution in [0.25, 0.3) is 16.6 Å². The normalized spacial score (nSPS) is 14.4. The summed E-state index contributed by atoms with van der Waals surface area (Å²) in [7, 11) is 1.98. The number of imidazole rings is 1. The van der Waals surface area contributed by atoms with Gasteiger partial charge in [0.25, 0.3) is 0 Å². The molecule has 0 atom stereocenters. The number of amides is 1. The van der Waals surface area contributed by atoms with Crippen molar-refractivity contribution in [3.8, 4) is 11.5 Å². The van der Waals surface area contributed by atoms with Crippen LogP contribution in [0.4, 0.5) is 11.5 Å². The molecule has 204 valence electrons. The van der Waals surface area contributed by atoms with Gasteiger partial charge in [-0.2, -0.15) is 5.10 Å². The molecule has 2 aromatic carbocycles.